The van der Waals surface area contributed by atoms with Gasteiger partial charge in [-0.2, -0.15) is 0 Å². The summed E-state index contributed by atoms with van der Waals surface area (Å²) in [6, 6.07) is 6.33. The molecule has 0 bridgehead atoms. The second kappa shape index (κ2) is 6.88. The van der Waals surface area contributed by atoms with Crippen LogP contribution in [-0.2, 0) is 10.0 Å². The molecule has 0 heterocycles. The summed E-state index contributed by atoms with van der Waals surface area (Å²) in [5, 5.41) is 9.19. The minimum atomic E-state index is -3.50. The van der Waals surface area contributed by atoms with Crippen molar-refractivity contribution in [1.29, 1.82) is 0 Å². The highest BCUT2D eigenvalue weighted by Crippen LogP contribution is 2.19. The fourth-order valence-electron chi connectivity index (χ4n) is 1.54. The molecule has 0 radical (unpaired) electrons. The van der Waals surface area contributed by atoms with E-state index in [0.717, 1.165) is 0 Å². The van der Waals surface area contributed by atoms with Gasteiger partial charge < -0.3 is 9.84 Å². The van der Waals surface area contributed by atoms with Gasteiger partial charge in [-0.25, -0.2) is 12.7 Å². The SMILES string of the molecule is CCOc1ccc(S(=O)(=O)N(C)CCC(C)O)cc1. The summed E-state index contributed by atoms with van der Waals surface area (Å²) >= 11 is 0. The first-order chi connectivity index (χ1) is 8.87. The van der Waals surface area contributed by atoms with Gasteiger partial charge in [0.15, 0.2) is 0 Å². The summed E-state index contributed by atoms with van der Waals surface area (Å²) in [4.78, 5) is 0.226. The van der Waals surface area contributed by atoms with Crippen LogP contribution < -0.4 is 4.74 Å². The van der Waals surface area contributed by atoms with Crippen molar-refractivity contribution in [2.75, 3.05) is 20.2 Å². The van der Waals surface area contributed by atoms with Crippen LogP contribution in [0.1, 0.15) is 20.3 Å². The van der Waals surface area contributed by atoms with Crippen LogP contribution >= 0.6 is 0 Å². The number of ether oxygens (including phenoxy) is 1. The Kier molecular flexibility index (Phi) is 5.78. The molecule has 1 N–H and O–H groups in total. The van der Waals surface area contributed by atoms with E-state index in [1.807, 2.05) is 6.92 Å². The average molecular weight is 287 g/mol. The predicted octanol–water partition coefficient (Wildman–Crippen LogP) is 1.48. The fourth-order valence-corrected chi connectivity index (χ4v) is 2.73. The van der Waals surface area contributed by atoms with Crippen molar-refractivity contribution in [3.63, 3.8) is 0 Å². The summed E-state index contributed by atoms with van der Waals surface area (Å²) in [5.74, 6) is 0.646. The molecule has 0 aromatic heterocycles. The van der Waals surface area contributed by atoms with Crippen LogP contribution in [0.5, 0.6) is 5.75 Å². The average Bonchev–Trinajstić information content (AvgIpc) is 2.36. The highest BCUT2D eigenvalue weighted by molar-refractivity contribution is 7.89. The van der Waals surface area contributed by atoms with Gasteiger partial charge in [0.2, 0.25) is 10.0 Å². The first-order valence-electron chi connectivity index (χ1n) is 6.25. The molecule has 19 heavy (non-hydrogen) atoms. The standard InChI is InChI=1S/C13H21NO4S/c1-4-18-12-5-7-13(8-6-12)19(16,17)14(3)10-9-11(2)15/h5-8,11,15H,4,9-10H2,1-3H3. The molecule has 0 aliphatic heterocycles. The Morgan fingerprint density at radius 2 is 1.89 bits per heavy atom. The van der Waals surface area contributed by atoms with Gasteiger partial charge in [-0.3, -0.25) is 0 Å². The Morgan fingerprint density at radius 1 is 1.32 bits per heavy atom. The van der Waals surface area contributed by atoms with E-state index in [-0.39, 0.29) is 11.4 Å². The number of nitrogens with zero attached hydrogens (tertiary/aromatic N) is 1. The molecule has 0 spiro atoms. The number of benzene rings is 1. The molecule has 0 aliphatic rings. The molecule has 1 rings (SSSR count). The summed E-state index contributed by atoms with van der Waals surface area (Å²) in [6.45, 7) is 4.33. The van der Waals surface area contributed by atoms with E-state index in [2.05, 4.69) is 0 Å². The molecule has 1 aromatic rings. The van der Waals surface area contributed by atoms with Gasteiger partial charge in [-0.05, 0) is 44.5 Å². The molecule has 1 aromatic carbocycles. The van der Waals surface area contributed by atoms with E-state index < -0.39 is 16.1 Å². The van der Waals surface area contributed by atoms with Crippen molar-refractivity contribution in [2.24, 2.45) is 0 Å². The van der Waals surface area contributed by atoms with E-state index in [1.54, 1.807) is 19.1 Å². The maximum Gasteiger partial charge on any atom is 0.242 e. The summed E-state index contributed by atoms with van der Waals surface area (Å²) in [7, 11) is -1.99. The van der Waals surface area contributed by atoms with Crippen LogP contribution in [-0.4, -0.2) is 44.1 Å². The lowest BCUT2D eigenvalue weighted by molar-refractivity contribution is 0.177. The molecule has 5 nitrogen and oxygen atoms in total. The Balaban J connectivity index is 2.81. The molecule has 108 valence electrons. The van der Waals surface area contributed by atoms with E-state index in [9.17, 15) is 13.5 Å². The van der Waals surface area contributed by atoms with E-state index in [0.29, 0.717) is 18.8 Å². The Labute approximate surface area is 114 Å². The summed E-state index contributed by atoms with van der Waals surface area (Å²) in [5.41, 5.74) is 0. The molecule has 0 fully saturated rings. The van der Waals surface area contributed by atoms with Crippen molar-refractivity contribution in [3.05, 3.63) is 24.3 Å². The number of sulfonamides is 1. The Hall–Kier alpha value is -1.11. The van der Waals surface area contributed by atoms with Gasteiger partial charge in [-0.15, -0.1) is 0 Å². The van der Waals surface area contributed by atoms with E-state index >= 15 is 0 Å². The van der Waals surface area contributed by atoms with Crippen LogP contribution in [0, 0.1) is 0 Å². The third-order valence-corrected chi connectivity index (χ3v) is 4.58. The van der Waals surface area contributed by atoms with Crippen LogP contribution in [0.3, 0.4) is 0 Å². The van der Waals surface area contributed by atoms with Crippen LogP contribution in [0.25, 0.3) is 0 Å². The minimum absolute atomic E-state index is 0.226. The van der Waals surface area contributed by atoms with Crippen LogP contribution in [0.4, 0.5) is 0 Å². The lowest BCUT2D eigenvalue weighted by Crippen LogP contribution is -2.29. The number of aliphatic hydroxyl groups excluding tert-OH is 1. The van der Waals surface area contributed by atoms with Gasteiger partial charge in [0.25, 0.3) is 0 Å². The molecule has 1 unspecified atom stereocenters. The second-order valence-electron chi connectivity index (χ2n) is 4.37. The third kappa shape index (κ3) is 4.49. The monoisotopic (exact) mass is 287 g/mol. The zero-order valence-corrected chi connectivity index (χ0v) is 12.4. The van der Waals surface area contributed by atoms with Gasteiger partial charge in [0.05, 0.1) is 17.6 Å². The lowest BCUT2D eigenvalue weighted by atomic mass is 10.3. The highest BCUT2D eigenvalue weighted by Gasteiger charge is 2.20. The van der Waals surface area contributed by atoms with Gasteiger partial charge in [0, 0.05) is 13.6 Å². The number of hydrogen-bond acceptors (Lipinski definition) is 4. The van der Waals surface area contributed by atoms with Crippen molar-refractivity contribution in [1.82, 2.24) is 4.31 Å². The molecular weight excluding hydrogens is 266 g/mol. The lowest BCUT2D eigenvalue weighted by Gasteiger charge is -2.18. The van der Waals surface area contributed by atoms with Crippen LogP contribution in [0.15, 0.2) is 29.2 Å². The number of hydrogen-bond donors (Lipinski definition) is 1. The molecule has 1 atom stereocenters. The molecule has 0 amide bonds. The Bertz CT molecular complexity index is 482. The van der Waals surface area contributed by atoms with E-state index in [4.69, 9.17) is 4.74 Å². The van der Waals surface area contributed by atoms with Crippen molar-refractivity contribution in [3.8, 4) is 5.75 Å². The largest absolute Gasteiger partial charge is 0.494 e. The van der Waals surface area contributed by atoms with Gasteiger partial charge in [0.1, 0.15) is 5.75 Å². The zero-order chi connectivity index (χ0) is 14.5. The molecule has 0 saturated heterocycles. The van der Waals surface area contributed by atoms with E-state index in [1.165, 1.54) is 23.5 Å². The first-order valence-corrected chi connectivity index (χ1v) is 7.69. The number of rotatable bonds is 7. The quantitative estimate of drug-likeness (QED) is 0.825. The van der Waals surface area contributed by atoms with Crippen molar-refractivity contribution < 1.29 is 18.3 Å². The molecule has 6 heteroatoms. The predicted molar refractivity (Wildman–Crippen MR) is 73.7 cm³/mol. The van der Waals surface area contributed by atoms with Gasteiger partial charge in [-0.1, -0.05) is 0 Å². The Morgan fingerprint density at radius 3 is 2.37 bits per heavy atom. The maximum absolute atomic E-state index is 12.2. The third-order valence-electron chi connectivity index (χ3n) is 2.70. The molecular formula is C13H21NO4S. The molecule has 0 saturated carbocycles. The smallest absolute Gasteiger partial charge is 0.242 e. The van der Waals surface area contributed by atoms with Crippen LogP contribution in [0.2, 0.25) is 0 Å². The highest BCUT2D eigenvalue weighted by atomic mass is 32.2. The molecule has 0 aliphatic carbocycles. The maximum atomic E-state index is 12.2. The second-order valence-corrected chi connectivity index (χ2v) is 6.41. The summed E-state index contributed by atoms with van der Waals surface area (Å²) < 4.78 is 31.0. The number of aliphatic hydroxyl groups is 1. The van der Waals surface area contributed by atoms with Gasteiger partial charge >= 0.3 is 0 Å². The minimum Gasteiger partial charge on any atom is -0.494 e. The summed E-state index contributed by atoms with van der Waals surface area (Å²) in [6.07, 6.45) is -0.106. The van der Waals surface area contributed by atoms with Crippen molar-refractivity contribution in [2.45, 2.75) is 31.3 Å². The van der Waals surface area contributed by atoms with Crippen molar-refractivity contribution >= 4 is 10.0 Å². The normalized spacial score (nSPS) is 13.5. The fraction of sp³-hybridized carbons (Fsp3) is 0.538. The first kappa shape index (κ1) is 15.9. The topological polar surface area (TPSA) is 66.8 Å². The zero-order valence-electron chi connectivity index (χ0n) is 11.5.